The van der Waals surface area contributed by atoms with Gasteiger partial charge in [0.25, 0.3) is 11.8 Å². The number of nitrogens with zero attached hydrogens (tertiary/aromatic N) is 5. The van der Waals surface area contributed by atoms with Crippen molar-refractivity contribution in [3.05, 3.63) is 53.3 Å². The molecule has 198 valence electrons. The summed E-state index contributed by atoms with van der Waals surface area (Å²) < 4.78 is 42.3. The Hall–Kier alpha value is -4.27. The van der Waals surface area contributed by atoms with Gasteiger partial charge in [-0.15, -0.1) is 0 Å². The zero-order valence-electron chi connectivity index (χ0n) is 20.6. The second kappa shape index (κ2) is 9.24. The SMILES string of the molecule is CC#CC(=O)N1CCC2(CC(n3nc(-c4cnn(Cc5cccc(C(F)(F)F)c5)c4)c(C(N)=O)c3N)C2)C1. The quantitative estimate of drug-likeness (QED) is 0.496. The number of nitrogens with two attached hydrogens (primary N) is 2. The summed E-state index contributed by atoms with van der Waals surface area (Å²) in [4.78, 5) is 26.2. The molecule has 1 aromatic carbocycles. The minimum Gasteiger partial charge on any atom is -0.383 e. The van der Waals surface area contributed by atoms with Gasteiger partial charge in [0.2, 0.25) is 0 Å². The van der Waals surface area contributed by atoms with E-state index in [1.165, 1.54) is 16.9 Å². The maximum Gasteiger partial charge on any atom is 0.416 e. The molecule has 0 unspecified atom stereocenters. The van der Waals surface area contributed by atoms with Crippen molar-refractivity contribution in [3.8, 4) is 23.1 Å². The van der Waals surface area contributed by atoms with Crippen LogP contribution < -0.4 is 11.5 Å². The molecule has 9 nitrogen and oxygen atoms in total. The van der Waals surface area contributed by atoms with E-state index >= 15 is 0 Å². The summed E-state index contributed by atoms with van der Waals surface area (Å²) >= 11 is 0. The first-order chi connectivity index (χ1) is 18.0. The number of halogens is 3. The van der Waals surface area contributed by atoms with E-state index in [1.807, 2.05) is 0 Å². The summed E-state index contributed by atoms with van der Waals surface area (Å²) in [6.45, 7) is 3.00. The molecular formula is C26H26F3N7O2. The highest BCUT2D eigenvalue weighted by Crippen LogP contribution is 2.54. The number of amides is 2. The summed E-state index contributed by atoms with van der Waals surface area (Å²) in [5.74, 6) is 4.47. The van der Waals surface area contributed by atoms with Crippen LogP contribution in [0.15, 0.2) is 36.7 Å². The molecule has 1 spiro atoms. The third-order valence-electron chi connectivity index (χ3n) is 7.34. The van der Waals surface area contributed by atoms with Gasteiger partial charge in [-0.1, -0.05) is 18.1 Å². The molecule has 12 heteroatoms. The maximum atomic E-state index is 13.1. The lowest BCUT2D eigenvalue weighted by atomic mass is 9.65. The van der Waals surface area contributed by atoms with Crippen molar-refractivity contribution >= 4 is 17.6 Å². The Balaban J connectivity index is 1.35. The summed E-state index contributed by atoms with van der Waals surface area (Å²) in [7, 11) is 0. The second-order valence-corrected chi connectivity index (χ2v) is 9.96. The molecule has 38 heavy (non-hydrogen) atoms. The third kappa shape index (κ3) is 4.60. The molecular weight excluding hydrogens is 499 g/mol. The molecule has 4 N–H and O–H groups in total. The molecule has 1 saturated heterocycles. The Morgan fingerprint density at radius 1 is 1.26 bits per heavy atom. The van der Waals surface area contributed by atoms with Gasteiger partial charge in [-0.3, -0.25) is 14.3 Å². The van der Waals surface area contributed by atoms with Crippen LogP contribution in [0.2, 0.25) is 0 Å². The fourth-order valence-corrected chi connectivity index (χ4v) is 5.52. The van der Waals surface area contributed by atoms with Crippen LogP contribution in [0.4, 0.5) is 19.0 Å². The van der Waals surface area contributed by atoms with Gasteiger partial charge in [0.05, 0.1) is 24.3 Å². The van der Waals surface area contributed by atoms with E-state index in [-0.39, 0.29) is 41.0 Å². The van der Waals surface area contributed by atoms with Gasteiger partial charge < -0.3 is 16.4 Å². The maximum absolute atomic E-state index is 13.1. The van der Waals surface area contributed by atoms with Gasteiger partial charge in [-0.05, 0) is 55.2 Å². The van der Waals surface area contributed by atoms with Crippen molar-refractivity contribution in [2.75, 3.05) is 18.8 Å². The third-order valence-corrected chi connectivity index (χ3v) is 7.34. The molecule has 2 amide bonds. The Morgan fingerprint density at radius 3 is 2.71 bits per heavy atom. The fourth-order valence-electron chi connectivity index (χ4n) is 5.52. The smallest absolute Gasteiger partial charge is 0.383 e. The summed E-state index contributed by atoms with van der Waals surface area (Å²) in [6.07, 6.45) is 0.977. The first-order valence-electron chi connectivity index (χ1n) is 12.1. The Morgan fingerprint density at radius 2 is 2.03 bits per heavy atom. The van der Waals surface area contributed by atoms with Crippen LogP contribution >= 0.6 is 0 Å². The number of hydrogen-bond donors (Lipinski definition) is 2. The van der Waals surface area contributed by atoms with Crippen LogP contribution in [0.3, 0.4) is 0 Å². The first-order valence-corrected chi connectivity index (χ1v) is 12.1. The van der Waals surface area contributed by atoms with E-state index in [4.69, 9.17) is 11.5 Å². The molecule has 5 rings (SSSR count). The average Bonchev–Trinajstić information content (AvgIpc) is 3.55. The number of alkyl halides is 3. The number of carbonyl (C=O) groups is 2. The normalized spacial score (nSPS) is 20.7. The number of likely N-dealkylation sites (tertiary alicyclic amines) is 1. The second-order valence-electron chi connectivity index (χ2n) is 9.96. The number of carbonyl (C=O) groups excluding carboxylic acids is 2. The molecule has 1 aliphatic carbocycles. The summed E-state index contributed by atoms with van der Waals surface area (Å²) in [5, 5.41) is 8.85. The molecule has 3 heterocycles. The number of aromatic nitrogens is 4. The molecule has 2 aliphatic rings. The van der Waals surface area contributed by atoms with Gasteiger partial charge in [0, 0.05) is 24.8 Å². The molecule has 0 radical (unpaired) electrons. The van der Waals surface area contributed by atoms with Crippen molar-refractivity contribution in [1.82, 2.24) is 24.5 Å². The zero-order valence-corrected chi connectivity index (χ0v) is 20.6. The average molecular weight is 526 g/mol. The Labute approximate surface area is 216 Å². The van der Waals surface area contributed by atoms with E-state index in [0.717, 1.165) is 31.4 Å². The van der Waals surface area contributed by atoms with E-state index in [1.54, 1.807) is 28.8 Å². The number of hydrogen-bond acceptors (Lipinski definition) is 5. The van der Waals surface area contributed by atoms with Gasteiger partial charge in [0.15, 0.2) is 0 Å². The van der Waals surface area contributed by atoms with Gasteiger partial charge >= 0.3 is 6.18 Å². The van der Waals surface area contributed by atoms with Gasteiger partial charge in [-0.25, -0.2) is 4.68 Å². The zero-order chi connectivity index (χ0) is 27.2. The summed E-state index contributed by atoms with van der Waals surface area (Å²) in [6, 6.07) is 4.95. The number of rotatable bonds is 5. The lowest BCUT2D eigenvalue weighted by Crippen LogP contribution is -2.42. The van der Waals surface area contributed by atoms with Crippen LogP contribution in [0.25, 0.3) is 11.3 Å². The number of primary amides is 1. The van der Waals surface area contributed by atoms with Crippen molar-refractivity contribution in [3.63, 3.8) is 0 Å². The van der Waals surface area contributed by atoms with E-state index in [9.17, 15) is 22.8 Å². The first kappa shape index (κ1) is 25.4. The number of benzene rings is 1. The predicted octanol–water partition coefficient (Wildman–Crippen LogP) is 3.07. The van der Waals surface area contributed by atoms with E-state index < -0.39 is 17.6 Å². The lowest BCUT2D eigenvalue weighted by Gasteiger charge is -2.45. The molecule has 3 aromatic rings. The molecule has 0 bridgehead atoms. The highest BCUT2D eigenvalue weighted by atomic mass is 19.4. The van der Waals surface area contributed by atoms with Crippen molar-refractivity contribution in [2.45, 2.75) is 44.9 Å². The standard InChI is InChI=1S/C26H26F3N7O2/c1-2-4-20(37)34-8-7-25(15-34)10-19(11-25)36-23(30)21(24(31)38)22(33-36)17-12-32-35(14-17)13-16-5-3-6-18(9-16)26(27,28)29/h3,5-6,9,12,14,19H,7-8,10-11,13,15,30H2,1H3,(H2,31,38). The van der Waals surface area contributed by atoms with Crippen LogP contribution in [-0.4, -0.2) is 49.4 Å². The Kier molecular flexibility index (Phi) is 6.17. The number of anilines is 1. The summed E-state index contributed by atoms with van der Waals surface area (Å²) in [5.41, 5.74) is 12.4. The van der Waals surface area contributed by atoms with E-state index in [2.05, 4.69) is 22.0 Å². The predicted molar refractivity (Wildman–Crippen MR) is 132 cm³/mol. The highest BCUT2D eigenvalue weighted by molar-refractivity contribution is 6.03. The topological polar surface area (TPSA) is 125 Å². The highest BCUT2D eigenvalue weighted by Gasteiger charge is 2.51. The Bertz CT molecular complexity index is 1470. The van der Waals surface area contributed by atoms with Gasteiger partial charge in [0.1, 0.15) is 17.1 Å². The van der Waals surface area contributed by atoms with Crippen LogP contribution in [0.1, 0.15) is 53.7 Å². The molecule has 1 saturated carbocycles. The van der Waals surface area contributed by atoms with Crippen LogP contribution in [-0.2, 0) is 17.5 Å². The molecule has 2 aromatic heterocycles. The molecule has 2 fully saturated rings. The largest absolute Gasteiger partial charge is 0.416 e. The van der Waals surface area contributed by atoms with Crippen molar-refractivity contribution in [2.24, 2.45) is 11.1 Å². The number of nitrogen functional groups attached to an aromatic ring is 1. The molecule has 1 aliphatic heterocycles. The molecule has 0 atom stereocenters. The van der Waals surface area contributed by atoms with Crippen LogP contribution in [0, 0.1) is 17.3 Å². The fraction of sp³-hybridized carbons (Fsp3) is 0.385. The minimum atomic E-state index is -4.44. The van der Waals surface area contributed by atoms with Crippen molar-refractivity contribution in [1.29, 1.82) is 0 Å². The lowest BCUT2D eigenvalue weighted by molar-refractivity contribution is -0.137. The van der Waals surface area contributed by atoms with Crippen LogP contribution in [0.5, 0.6) is 0 Å². The minimum absolute atomic E-state index is 0.0307. The van der Waals surface area contributed by atoms with Crippen molar-refractivity contribution < 1.29 is 22.8 Å². The van der Waals surface area contributed by atoms with E-state index in [0.29, 0.717) is 24.2 Å². The monoisotopic (exact) mass is 525 g/mol. The van der Waals surface area contributed by atoms with Gasteiger partial charge in [-0.2, -0.15) is 23.4 Å².